The van der Waals surface area contributed by atoms with Crippen LogP contribution >= 0.6 is 0 Å². The molecule has 2 heterocycles. The van der Waals surface area contributed by atoms with Crippen molar-refractivity contribution in [3.8, 4) is 0 Å². The predicted octanol–water partition coefficient (Wildman–Crippen LogP) is 0.267. The molecule has 1 aromatic rings. The second kappa shape index (κ2) is 7.16. The first-order valence-electron chi connectivity index (χ1n) is 7.03. The average Bonchev–Trinajstić information content (AvgIpc) is 2.93. The van der Waals surface area contributed by atoms with Gasteiger partial charge in [0.05, 0.1) is 13.2 Å². The standard InChI is InChI=1S/C13H19N3O5/c1-2-3-10-14-11(21-15-10)4-5-12(17)16-6-7-20-9(8-16)13(18)19/h9H,2-8H2,1H3,(H,18,19). The fourth-order valence-electron chi connectivity index (χ4n) is 2.11. The number of carboxylic acid groups (broad SMARTS) is 1. The van der Waals surface area contributed by atoms with Gasteiger partial charge >= 0.3 is 5.97 Å². The molecule has 0 radical (unpaired) electrons. The molecule has 8 nitrogen and oxygen atoms in total. The molecule has 8 heteroatoms. The zero-order valence-electron chi connectivity index (χ0n) is 11.9. The van der Waals surface area contributed by atoms with E-state index in [0.29, 0.717) is 24.7 Å². The highest BCUT2D eigenvalue weighted by Crippen LogP contribution is 2.09. The molecule has 0 aromatic carbocycles. The summed E-state index contributed by atoms with van der Waals surface area (Å²) in [6.07, 6.45) is 1.33. The van der Waals surface area contributed by atoms with Crippen LogP contribution in [0.2, 0.25) is 0 Å². The van der Waals surface area contributed by atoms with Crippen molar-refractivity contribution in [1.82, 2.24) is 15.0 Å². The van der Waals surface area contributed by atoms with Crippen molar-refractivity contribution in [3.63, 3.8) is 0 Å². The number of morpholine rings is 1. The van der Waals surface area contributed by atoms with Gasteiger partial charge in [0.2, 0.25) is 11.8 Å². The van der Waals surface area contributed by atoms with Crippen LogP contribution < -0.4 is 0 Å². The maximum atomic E-state index is 12.1. The number of amides is 1. The van der Waals surface area contributed by atoms with Crippen molar-refractivity contribution in [3.05, 3.63) is 11.7 Å². The van der Waals surface area contributed by atoms with Crippen LogP contribution in [0, 0.1) is 0 Å². The summed E-state index contributed by atoms with van der Waals surface area (Å²) in [6, 6.07) is 0. The van der Waals surface area contributed by atoms with E-state index in [-0.39, 0.29) is 25.5 Å². The molecule has 1 aromatic heterocycles. The highest BCUT2D eigenvalue weighted by atomic mass is 16.5. The van der Waals surface area contributed by atoms with E-state index in [0.717, 1.165) is 12.8 Å². The molecule has 116 valence electrons. The number of hydrogen-bond acceptors (Lipinski definition) is 6. The summed E-state index contributed by atoms with van der Waals surface area (Å²) in [5, 5.41) is 12.7. The average molecular weight is 297 g/mol. The highest BCUT2D eigenvalue weighted by molar-refractivity contribution is 5.78. The van der Waals surface area contributed by atoms with Crippen LogP contribution in [0.1, 0.15) is 31.5 Å². The Morgan fingerprint density at radius 3 is 2.95 bits per heavy atom. The number of aromatic nitrogens is 2. The Hall–Kier alpha value is -1.96. The Morgan fingerprint density at radius 1 is 1.43 bits per heavy atom. The topological polar surface area (TPSA) is 106 Å². The fraction of sp³-hybridized carbons (Fsp3) is 0.692. The second-order valence-electron chi connectivity index (χ2n) is 4.89. The molecule has 1 aliphatic heterocycles. The minimum atomic E-state index is -1.05. The molecule has 1 atom stereocenters. The molecular formula is C13H19N3O5. The number of carboxylic acids is 1. The number of rotatable bonds is 6. The predicted molar refractivity (Wildman–Crippen MR) is 70.6 cm³/mol. The number of aliphatic carboxylic acids is 1. The van der Waals surface area contributed by atoms with E-state index < -0.39 is 12.1 Å². The van der Waals surface area contributed by atoms with Crippen LogP contribution in [0.15, 0.2) is 4.52 Å². The quantitative estimate of drug-likeness (QED) is 0.803. The summed E-state index contributed by atoms with van der Waals surface area (Å²) in [5.74, 6) is -0.0829. The summed E-state index contributed by atoms with van der Waals surface area (Å²) >= 11 is 0. The minimum Gasteiger partial charge on any atom is -0.479 e. The maximum Gasteiger partial charge on any atom is 0.334 e. The van der Waals surface area contributed by atoms with E-state index in [2.05, 4.69) is 10.1 Å². The first-order chi connectivity index (χ1) is 10.1. The normalized spacial score (nSPS) is 18.7. The Kier molecular flexibility index (Phi) is 5.26. The lowest BCUT2D eigenvalue weighted by Gasteiger charge is -2.30. The van der Waals surface area contributed by atoms with E-state index in [1.807, 2.05) is 6.92 Å². The van der Waals surface area contributed by atoms with E-state index in [9.17, 15) is 9.59 Å². The van der Waals surface area contributed by atoms with Crippen molar-refractivity contribution < 1.29 is 24.0 Å². The van der Waals surface area contributed by atoms with Crippen LogP contribution in [-0.4, -0.2) is 57.8 Å². The highest BCUT2D eigenvalue weighted by Gasteiger charge is 2.28. The van der Waals surface area contributed by atoms with Crippen molar-refractivity contribution in [2.45, 2.75) is 38.7 Å². The molecule has 21 heavy (non-hydrogen) atoms. The Labute approximate surface area is 122 Å². The molecular weight excluding hydrogens is 278 g/mol. The van der Waals surface area contributed by atoms with Gasteiger partial charge in [-0.2, -0.15) is 4.98 Å². The van der Waals surface area contributed by atoms with E-state index in [1.165, 1.54) is 4.90 Å². The molecule has 1 unspecified atom stereocenters. The van der Waals surface area contributed by atoms with Gasteiger partial charge in [-0.1, -0.05) is 12.1 Å². The van der Waals surface area contributed by atoms with Gasteiger partial charge in [0, 0.05) is 25.8 Å². The number of ether oxygens (including phenoxy) is 1. The molecule has 1 amide bonds. The Balaban J connectivity index is 1.82. The SMILES string of the molecule is CCCc1noc(CCC(=O)N2CCOC(C(=O)O)C2)n1. The molecule has 1 fully saturated rings. The van der Waals surface area contributed by atoms with Gasteiger partial charge in [-0.05, 0) is 6.42 Å². The van der Waals surface area contributed by atoms with Crippen molar-refractivity contribution in [1.29, 1.82) is 0 Å². The lowest BCUT2D eigenvalue weighted by Crippen LogP contribution is -2.48. The number of carbonyl (C=O) groups is 2. The van der Waals surface area contributed by atoms with E-state index in [1.54, 1.807) is 0 Å². The molecule has 2 rings (SSSR count). The number of carbonyl (C=O) groups excluding carboxylic acids is 1. The van der Waals surface area contributed by atoms with Crippen LogP contribution in [0.25, 0.3) is 0 Å². The van der Waals surface area contributed by atoms with Crippen molar-refractivity contribution in [2.24, 2.45) is 0 Å². The molecule has 1 saturated heterocycles. The maximum absolute atomic E-state index is 12.1. The van der Waals surface area contributed by atoms with Gasteiger partial charge in [0.25, 0.3) is 0 Å². The number of aryl methyl sites for hydroxylation is 2. The van der Waals surface area contributed by atoms with Gasteiger partial charge in [-0.3, -0.25) is 4.79 Å². The first-order valence-corrected chi connectivity index (χ1v) is 7.03. The summed E-state index contributed by atoms with van der Waals surface area (Å²) in [5.41, 5.74) is 0. The third-order valence-electron chi connectivity index (χ3n) is 3.23. The van der Waals surface area contributed by atoms with Gasteiger partial charge in [0.1, 0.15) is 0 Å². The zero-order chi connectivity index (χ0) is 15.2. The molecule has 0 saturated carbocycles. The Bertz CT molecular complexity index is 502. The third-order valence-corrected chi connectivity index (χ3v) is 3.23. The molecule has 1 aliphatic rings. The third kappa shape index (κ3) is 4.25. The van der Waals surface area contributed by atoms with Crippen LogP contribution in [-0.2, 0) is 27.2 Å². The summed E-state index contributed by atoms with van der Waals surface area (Å²) in [6.45, 7) is 2.76. The molecule has 1 N–H and O–H groups in total. The zero-order valence-corrected chi connectivity index (χ0v) is 11.9. The van der Waals surface area contributed by atoms with Gasteiger partial charge in [-0.25, -0.2) is 4.79 Å². The minimum absolute atomic E-state index is 0.0824. The smallest absolute Gasteiger partial charge is 0.334 e. The van der Waals surface area contributed by atoms with Crippen LogP contribution in [0.3, 0.4) is 0 Å². The molecule has 0 spiro atoms. The fourth-order valence-corrected chi connectivity index (χ4v) is 2.11. The van der Waals surface area contributed by atoms with Gasteiger partial charge in [-0.15, -0.1) is 0 Å². The number of hydrogen-bond donors (Lipinski definition) is 1. The van der Waals surface area contributed by atoms with Crippen LogP contribution in [0.5, 0.6) is 0 Å². The van der Waals surface area contributed by atoms with Crippen molar-refractivity contribution in [2.75, 3.05) is 19.7 Å². The monoisotopic (exact) mass is 297 g/mol. The second-order valence-corrected chi connectivity index (χ2v) is 4.89. The van der Waals surface area contributed by atoms with E-state index in [4.69, 9.17) is 14.4 Å². The summed E-state index contributed by atoms with van der Waals surface area (Å²) in [4.78, 5) is 28.6. The summed E-state index contributed by atoms with van der Waals surface area (Å²) < 4.78 is 10.1. The van der Waals surface area contributed by atoms with Crippen molar-refractivity contribution >= 4 is 11.9 Å². The lowest BCUT2D eigenvalue weighted by molar-refractivity contribution is -0.159. The first kappa shape index (κ1) is 15.4. The van der Waals surface area contributed by atoms with E-state index >= 15 is 0 Å². The molecule has 0 aliphatic carbocycles. The summed E-state index contributed by atoms with van der Waals surface area (Å²) in [7, 11) is 0. The number of nitrogens with zero attached hydrogens (tertiary/aromatic N) is 3. The van der Waals surface area contributed by atoms with Crippen LogP contribution in [0.4, 0.5) is 0 Å². The van der Waals surface area contributed by atoms with Gasteiger partial charge in [0.15, 0.2) is 11.9 Å². The van der Waals surface area contributed by atoms with Gasteiger partial charge < -0.3 is 19.3 Å². The lowest BCUT2D eigenvalue weighted by atomic mass is 10.2. The molecule has 0 bridgehead atoms. The Morgan fingerprint density at radius 2 is 2.24 bits per heavy atom. The largest absolute Gasteiger partial charge is 0.479 e.